The number of carbonyl (C=O) groups excluding carboxylic acids is 1. The maximum atomic E-state index is 13.8. The zero-order valence-electron chi connectivity index (χ0n) is 14.6. The number of rotatable bonds is 5. The number of hydrazine groups is 1. The van der Waals surface area contributed by atoms with E-state index in [4.69, 9.17) is 4.74 Å². The molecule has 1 saturated heterocycles. The van der Waals surface area contributed by atoms with Crippen molar-refractivity contribution < 1.29 is 22.7 Å². The number of amides is 1. The van der Waals surface area contributed by atoms with E-state index in [0.29, 0.717) is 29.0 Å². The Morgan fingerprint density at radius 2 is 1.85 bits per heavy atom. The smallest absolute Gasteiger partial charge is 0.409 e. The van der Waals surface area contributed by atoms with E-state index in [1.165, 1.54) is 6.07 Å². The van der Waals surface area contributed by atoms with Crippen molar-refractivity contribution in [1.82, 2.24) is 10.4 Å². The summed E-state index contributed by atoms with van der Waals surface area (Å²) in [4.78, 5) is 11.4. The van der Waals surface area contributed by atoms with Crippen LogP contribution in [0.25, 0.3) is 10.8 Å². The Morgan fingerprint density at radius 1 is 1.15 bits per heavy atom. The molecule has 0 spiro atoms. The van der Waals surface area contributed by atoms with Crippen LogP contribution in [0, 0.1) is 5.92 Å². The van der Waals surface area contributed by atoms with Crippen molar-refractivity contribution in [2.45, 2.75) is 32.5 Å². The quantitative estimate of drug-likeness (QED) is 0.862. The van der Waals surface area contributed by atoms with Crippen LogP contribution in [0.4, 0.5) is 13.2 Å². The monoisotopic (exact) mass is 366 g/mol. The first-order chi connectivity index (χ1) is 12.3. The molecule has 1 amide bonds. The molecule has 1 fully saturated rings. The Balaban J connectivity index is 2.08. The van der Waals surface area contributed by atoms with Gasteiger partial charge in [0.05, 0.1) is 6.61 Å². The molecule has 1 heterocycles. The Hall–Kier alpha value is -2.28. The highest BCUT2D eigenvalue weighted by Crippen LogP contribution is 2.42. The predicted molar refractivity (Wildman–Crippen MR) is 92.5 cm³/mol. The third kappa shape index (κ3) is 3.77. The second kappa shape index (κ2) is 7.15. The van der Waals surface area contributed by atoms with Crippen LogP contribution in [0.2, 0.25) is 0 Å². The molecule has 0 bridgehead atoms. The van der Waals surface area contributed by atoms with Crippen LogP contribution in [0.5, 0.6) is 5.75 Å². The van der Waals surface area contributed by atoms with Gasteiger partial charge in [0, 0.05) is 18.4 Å². The molecule has 0 radical (unpaired) electrons. The van der Waals surface area contributed by atoms with Crippen LogP contribution < -0.4 is 10.2 Å². The van der Waals surface area contributed by atoms with Gasteiger partial charge in [-0.15, -0.1) is 0 Å². The van der Waals surface area contributed by atoms with E-state index < -0.39 is 18.1 Å². The van der Waals surface area contributed by atoms with Crippen molar-refractivity contribution >= 4 is 16.7 Å². The van der Waals surface area contributed by atoms with Crippen molar-refractivity contribution in [3.05, 3.63) is 42.0 Å². The summed E-state index contributed by atoms with van der Waals surface area (Å²) in [6.45, 7) is 4.51. The highest BCUT2D eigenvalue weighted by Gasteiger charge is 2.47. The number of halogens is 3. The summed E-state index contributed by atoms with van der Waals surface area (Å²) in [7, 11) is 0. The van der Waals surface area contributed by atoms with Gasteiger partial charge in [-0.1, -0.05) is 44.2 Å². The van der Waals surface area contributed by atoms with E-state index in [1.54, 1.807) is 30.3 Å². The van der Waals surface area contributed by atoms with E-state index >= 15 is 0 Å². The van der Waals surface area contributed by atoms with Gasteiger partial charge >= 0.3 is 6.18 Å². The lowest BCUT2D eigenvalue weighted by Crippen LogP contribution is -2.43. The van der Waals surface area contributed by atoms with E-state index in [2.05, 4.69) is 5.43 Å². The van der Waals surface area contributed by atoms with Gasteiger partial charge < -0.3 is 4.74 Å². The SMILES string of the molecule is CC(C)COc1ccc([C@H](N2CCC(=O)N2)C(F)(F)F)c2ccccc12. The zero-order valence-corrected chi connectivity index (χ0v) is 14.6. The average Bonchev–Trinajstić information content (AvgIpc) is 2.98. The molecule has 1 aliphatic rings. The number of fused-ring (bicyclic) bond motifs is 1. The minimum absolute atomic E-state index is 0.0168. The van der Waals surface area contributed by atoms with Crippen molar-refractivity contribution in [1.29, 1.82) is 0 Å². The third-order valence-corrected chi connectivity index (χ3v) is 4.25. The molecule has 140 valence electrons. The third-order valence-electron chi connectivity index (χ3n) is 4.25. The number of alkyl halides is 3. The molecule has 1 N–H and O–H groups in total. The van der Waals surface area contributed by atoms with Crippen molar-refractivity contribution in [2.75, 3.05) is 13.2 Å². The number of hydrogen-bond donors (Lipinski definition) is 1. The first-order valence-corrected chi connectivity index (χ1v) is 8.54. The molecule has 26 heavy (non-hydrogen) atoms. The van der Waals surface area contributed by atoms with Crippen LogP contribution in [0.1, 0.15) is 31.9 Å². The van der Waals surface area contributed by atoms with Gasteiger partial charge in [-0.3, -0.25) is 10.2 Å². The normalized spacial score (nSPS) is 16.9. The summed E-state index contributed by atoms with van der Waals surface area (Å²) in [5.74, 6) is 0.459. The minimum atomic E-state index is -4.53. The van der Waals surface area contributed by atoms with Crippen LogP contribution in [-0.4, -0.2) is 30.2 Å². The lowest BCUT2D eigenvalue weighted by Gasteiger charge is -2.30. The summed E-state index contributed by atoms with van der Waals surface area (Å²) in [6.07, 6.45) is -4.47. The fraction of sp³-hybridized carbons (Fsp3) is 0.421. The Bertz CT molecular complexity index is 805. The van der Waals surface area contributed by atoms with Gasteiger partial charge in [-0.05, 0) is 22.9 Å². The average molecular weight is 366 g/mol. The fourth-order valence-corrected chi connectivity index (χ4v) is 3.12. The molecule has 2 aromatic carbocycles. The second-order valence-electron chi connectivity index (χ2n) is 6.83. The van der Waals surface area contributed by atoms with E-state index in [9.17, 15) is 18.0 Å². The van der Waals surface area contributed by atoms with Gasteiger partial charge in [0.2, 0.25) is 5.91 Å². The lowest BCUT2D eigenvalue weighted by atomic mass is 9.97. The highest BCUT2D eigenvalue weighted by atomic mass is 19.4. The standard InChI is InChI=1S/C19H21F3N2O2/c1-12(2)11-26-16-8-7-15(13-5-3-4-6-14(13)16)18(19(20,21)22)24-10-9-17(25)23-24/h3-8,12,18H,9-11H2,1-2H3,(H,23,25)/t18-/m0/s1. The summed E-state index contributed by atoms with van der Waals surface area (Å²) in [5, 5.41) is 2.07. The number of nitrogens with zero attached hydrogens (tertiary/aromatic N) is 1. The molecule has 0 aliphatic carbocycles. The number of benzene rings is 2. The summed E-state index contributed by atoms with van der Waals surface area (Å²) in [5.41, 5.74) is 2.43. The molecule has 4 nitrogen and oxygen atoms in total. The van der Waals surface area contributed by atoms with Crippen molar-refractivity contribution in [3.63, 3.8) is 0 Å². The number of nitrogens with one attached hydrogen (secondary N) is 1. The molecule has 0 aromatic heterocycles. The predicted octanol–water partition coefficient (Wildman–Crippen LogP) is 4.21. The van der Waals surface area contributed by atoms with Crippen LogP contribution in [0.3, 0.4) is 0 Å². The van der Waals surface area contributed by atoms with Crippen molar-refractivity contribution in [3.8, 4) is 5.75 Å². The molecule has 7 heteroatoms. The number of hydrogen-bond acceptors (Lipinski definition) is 3. The molecule has 0 unspecified atom stereocenters. The molecule has 0 saturated carbocycles. The highest BCUT2D eigenvalue weighted by molar-refractivity contribution is 5.91. The Morgan fingerprint density at radius 3 is 2.42 bits per heavy atom. The Kier molecular flexibility index (Phi) is 5.09. The van der Waals surface area contributed by atoms with Gasteiger partial charge in [0.15, 0.2) is 6.04 Å². The van der Waals surface area contributed by atoms with Gasteiger partial charge in [-0.25, -0.2) is 5.01 Å². The van der Waals surface area contributed by atoms with E-state index in [-0.39, 0.29) is 18.5 Å². The van der Waals surface area contributed by atoms with E-state index in [0.717, 1.165) is 5.01 Å². The van der Waals surface area contributed by atoms with E-state index in [1.807, 2.05) is 13.8 Å². The summed E-state index contributed by atoms with van der Waals surface area (Å²) < 4.78 is 47.3. The minimum Gasteiger partial charge on any atom is -0.493 e. The van der Waals surface area contributed by atoms with Gasteiger partial charge in [-0.2, -0.15) is 13.2 Å². The molecular formula is C19H21F3N2O2. The number of ether oxygens (including phenoxy) is 1. The summed E-state index contributed by atoms with van der Waals surface area (Å²) in [6, 6.07) is 8.01. The maximum Gasteiger partial charge on any atom is 0.409 e. The zero-order chi connectivity index (χ0) is 18.9. The topological polar surface area (TPSA) is 41.6 Å². The summed E-state index contributed by atoms with van der Waals surface area (Å²) >= 11 is 0. The maximum absolute atomic E-state index is 13.8. The Labute approximate surface area is 149 Å². The number of carbonyl (C=O) groups is 1. The molecule has 1 atom stereocenters. The van der Waals surface area contributed by atoms with Gasteiger partial charge in [0.25, 0.3) is 0 Å². The molecule has 2 aromatic rings. The van der Waals surface area contributed by atoms with Crippen molar-refractivity contribution in [2.24, 2.45) is 5.92 Å². The first-order valence-electron chi connectivity index (χ1n) is 8.54. The molecule has 1 aliphatic heterocycles. The van der Waals surface area contributed by atoms with Crippen LogP contribution >= 0.6 is 0 Å². The van der Waals surface area contributed by atoms with Crippen LogP contribution in [-0.2, 0) is 4.79 Å². The molecule has 3 rings (SSSR count). The lowest BCUT2D eigenvalue weighted by molar-refractivity contribution is -0.190. The molecular weight excluding hydrogens is 345 g/mol. The first kappa shape index (κ1) is 18.5. The van der Waals surface area contributed by atoms with Gasteiger partial charge in [0.1, 0.15) is 5.75 Å². The van der Waals surface area contributed by atoms with Crippen LogP contribution in [0.15, 0.2) is 36.4 Å². The fourth-order valence-electron chi connectivity index (χ4n) is 3.12. The second-order valence-corrected chi connectivity index (χ2v) is 6.83. The largest absolute Gasteiger partial charge is 0.493 e.